The van der Waals surface area contributed by atoms with Crippen molar-refractivity contribution in [3.8, 4) is 0 Å². The van der Waals surface area contributed by atoms with Gasteiger partial charge in [-0.3, -0.25) is 0 Å². The molecule has 1 aromatic rings. The summed E-state index contributed by atoms with van der Waals surface area (Å²) in [6.45, 7) is 3.55. The maximum Gasteiger partial charge on any atom is 0.355 e. The van der Waals surface area contributed by atoms with Crippen LogP contribution in [-0.2, 0) is 23.8 Å². The van der Waals surface area contributed by atoms with Gasteiger partial charge in [-0.05, 0) is 32.0 Å². The lowest BCUT2D eigenvalue weighted by Crippen LogP contribution is -2.17. The summed E-state index contributed by atoms with van der Waals surface area (Å²) in [5.74, 6) is -2.04. The fraction of sp³-hybridized carbons (Fsp3) is 0.312. The highest BCUT2D eigenvalue weighted by Gasteiger charge is 2.16. The van der Waals surface area contributed by atoms with Gasteiger partial charge in [0.15, 0.2) is 0 Å². The summed E-state index contributed by atoms with van der Waals surface area (Å²) >= 11 is 6.06. The van der Waals surface area contributed by atoms with Crippen molar-refractivity contribution in [3.05, 3.63) is 40.6 Å². The fourth-order valence-corrected chi connectivity index (χ4v) is 1.83. The largest absolute Gasteiger partial charge is 0.465 e. The minimum Gasteiger partial charge on any atom is -0.465 e. The summed E-state index contributed by atoms with van der Waals surface area (Å²) in [4.78, 5) is 35.2. The van der Waals surface area contributed by atoms with Gasteiger partial charge in [0.25, 0.3) is 0 Å². The van der Waals surface area contributed by atoms with Gasteiger partial charge < -0.3 is 19.5 Å². The molecule has 0 radical (unpaired) electrons. The van der Waals surface area contributed by atoms with E-state index in [-0.39, 0.29) is 35.2 Å². The fourth-order valence-electron chi connectivity index (χ4n) is 1.67. The average Bonchev–Trinajstić information content (AvgIpc) is 2.55. The molecular weight excluding hydrogens is 338 g/mol. The smallest absolute Gasteiger partial charge is 0.355 e. The molecule has 0 spiro atoms. The van der Waals surface area contributed by atoms with Gasteiger partial charge in [-0.25, -0.2) is 14.4 Å². The van der Waals surface area contributed by atoms with Crippen LogP contribution in [-0.4, -0.2) is 38.2 Å². The number of benzene rings is 1. The molecule has 0 unspecified atom stereocenters. The average molecular weight is 356 g/mol. The Morgan fingerprint density at radius 3 is 2.42 bits per heavy atom. The first-order valence-corrected chi connectivity index (χ1v) is 7.51. The Morgan fingerprint density at radius 2 is 1.83 bits per heavy atom. The van der Waals surface area contributed by atoms with Gasteiger partial charge in [0, 0.05) is 0 Å². The van der Waals surface area contributed by atoms with Crippen molar-refractivity contribution in [3.63, 3.8) is 0 Å². The van der Waals surface area contributed by atoms with Crippen molar-refractivity contribution in [2.24, 2.45) is 0 Å². The third-order valence-electron chi connectivity index (χ3n) is 2.70. The van der Waals surface area contributed by atoms with E-state index in [1.54, 1.807) is 13.8 Å². The molecule has 0 saturated carbocycles. The molecule has 0 aliphatic heterocycles. The van der Waals surface area contributed by atoms with Crippen LogP contribution in [0.25, 0.3) is 0 Å². The van der Waals surface area contributed by atoms with E-state index in [1.807, 2.05) is 0 Å². The first-order chi connectivity index (χ1) is 11.4. The van der Waals surface area contributed by atoms with Crippen LogP contribution in [0.1, 0.15) is 24.2 Å². The van der Waals surface area contributed by atoms with Crippen molar-refractivity contribution < 1.29 is 28.6 Å². The minimum absolute atomic E-state index is 0.122. The second-order valence-corrected chi connectivity index (χ2v) is 4.75. The lowest BCUT2D eigenvalue weighted by Gasteiger charge is -2.12. The number of anilines is 1. The lowest BCUT2D eigenvalue weighted by atomic mass is 10.2. The highest BCUT2D eigenvalue weighted by Crippen LogP contribution is 2.25. The number of esters is 3. The summed E-state index contributed by atoms with van der Waals surface area (Å²) < 4.78 is 14.3. The van der Waals surface area contributed by atoms with E-state index in [4.69, 9.17) is 21.1 Å². The van der Waals surface area contributed by atoms with Gasteiger partial charge in [-0.15, -0.1) is 0 Å². The Bertz CT molecular complexity index is 656. The molecule has 0 bridgehead atoms. The summed E-state index contributed by atoms with van der Waals surface area (Å²) in [6.07, 6.45) is 0.961. The van der Waals surface area contributed by atoms with Crippen LogP contribution >= 0.6 is 11.6 Å². The number of hydrogen-bond acceptors (Lipinski definition) is 7. The number of methoxy groups -OCH3 is 1. The molecule has 130 valence electrons. The first kappa shape index (κ1) is 19.5. The molecule has 24 heavy (non-hydrogen) atoms. The molecule has 0 saturated heterocycles. The van der Waals surface area contributed by atoms with Crippen LogP contribution < -0.4 is 5.32 Å². The summed E-state index contributed by atoms with van der Waals surface area (Å²) in [5.41, 5.74) is 0.297. The first-order valence-electron chi connectivity index (χ1n) is 7.13. The van der Waals surface area contributed by atoms with Crippen LogP contribution in [0, 0.1) is 0 Å². The molecule has 7 nitrogen and oxygen atoms in total. The number of rotatable bonds is 7. The van der Waals surface area contributed by atoms with Crippen LogP contribution in [0.4, 0.5) is 5.69 Å². The standard InChI is InChI=1S/C16H18ClNO6/c1-4-23-14(19)9-13(16(21)24-5-2)18-12-8-10(15(20)22-3)6-7-11(12)17/h6-9,18H,4-5H2,1-3H3. The number of nitrogens with one attached hydrogen (secondary N) is 1. The van der Waals surface area contributed by atoms with Gasteiger partial charge in [-0.1, -0.05) is 11.6 Å². The maximum absolute atomic E-state index is 12.0. The predicted octanol–water partition coefficient (Wildman–Crippen LogP) is 2.55. The number of carbonyl (C=O) groups is 3. The van der Waals surface area contributed by atoms with Crippen molar-refractivity contribution in [1.29, 1.82) is 0 Å². The molecule has 1 N–H and O–H groups in total. The number of ether oxygens (including phenoxy) is 3. The normalized spacial score (nSPS) is 10.8. The van der Waals surface area contributed by atoms with E-state index >= 15 is 0 Å². The van der Waals surface area contributed by atoms with Crippen LogP contribution in [0.5, 0.6) is 0 Å². The van der Waals surface area contributed by atoms with E-state index < -0.39 is 17.9 Å². The Morgan fingerprint density at radius 1 is 1.17 bits per heavy atom. The van der Waals surface area contributed by atoms with Crippen molar-refractivity contribution in [1.82, 2.24) is 0 Å². The molecule has 0 aliphatic carbocycles. The van der Waals surface area contributed by atoms with Crippen molar-refractivity contribution >= 4 is 35.2 Å². The highest BCUT2D eigenvalue weighted by molar-refractivity contribution is 6.33. The molecule has 1 aromatic carbocycles. The number of carbonyl (C=O) groups excluding carboxylic acids is 3. The summed E-state index contributed by atoms with van der Waals surface area (Å²) in [5, 5.41) is 2.92. The van der Waals surface area contributed by atoms with Gasteiger partial charge >= 0.3 is 17.9 Å². The van der Waals surface area contributed by atoms with Gasteiger partial charge in [-0.2, -0.15) is 0 Å². The molecule has 1 rings (SSSR count). The number of hydrogen-bond donors (Lipinski definition) is 1. The van der Waals surface area contributed by atoms with E-state index in [9.17, 15) is 14.4 Å². The Balaban J connectivity index is 3.16. The zero-order chi connectivity index (χ0) is 18.1. The molecule has 0 amide bonds. The molecule has 0 fully saturated rings. The third-order valence-corrected chi connectivity index (χ3v) is 3.03. The third kappa shape index (κ3) is 5.58. The van der Waals surface area contributed by atoms with E-state index in [2.05, 4.69) is 10.1 Å². The van der Waals surface area contributed by atoms with Crippen LogP contribution in [0.15, 0.2) is 30.0 Å². The second kappa shape index (κ2) is 9.57. The van der Waals surface area contributed by atoms with Crippen LogP contribution in [0.2, 0.25) is 5.02 Å². The van der Waals surface area contributed by atoms with E-state index in [1.165, 1.54) is 25.3 Å². The molecule has 0 aromatic heterocycles. The SMILES string of the molecule is CCOC(=O)C=C(Nc1cc(C(=O)OC)ccc1Cl)C(=O)OCC. The predicted molar refractivity (Wildman–Crippen MR) is 87.8 cm³/mol. The van der Waals surface area contributed by atoms with Gasteiger partial charge in [0.05, 0.1) is 42.7 Å². The molecule has 0 aliphatic rings. The molecule has 0 atom stereocenters. The summed E-state index contributed by atoms with van der Waals surface area (Å²) in [6, 6.07) is 4.33. The Kier molecular flexibility index (Phi) is 7.77. The molecular formula is C16H18ClNO6. The van der Waals surface area contributed by atoms with Crippen molar-refractivity contribution in [2.75, 3.05) is 25.6 Å². The van der Waals surface area contributed by atoms with Gasteiger partial charge in [0.2, 0.25) is 0 Å². The summed E-state index contributed by atoms with van der Waals surface area (Å²) in [7, 11) is 1.24. The minimum atomic E-state index is -0.759. The highest BCUT2D eigenvalue weighted by atomic mass is 35.5. The monoisotopic (exact) mass is 355 g/mol. The number of halogens is 1. The lowest BCUT2D eigenvalue weighted by molar-refractivity contribution is -0.140. The molecule has 0 heterocycles. The quantitative estimate of drug-likeness (QED) is 0.456. The van der Waals surface area contributed by atoms with Gasteiger partial charge in [0.1, 0.15) is 5.70 Å². The molecule has 8 heteroatoms. The maximum atomic E-state index is 12.0. The van der Waals surface area contributed by atoms with E-state index in [0.29, 0.717) is 0 Å². The Labute approximate surface area is 144 Å². The Hall–Kier alpha value is -2.54. The van der Waals surface area contributed by atoms with Crippen LogP contribution in [0.3, 0.4) is 0 Å². The zero-order valence-electron chi connectivity index (χ0n) is 13.6. The van der Waals surface area contributed by atoms with Crippen molar-refractivity contribution in [2.45, 2.75) is 13.8 Å². The zero-order valence-corrected chi connectivity index (χ0v) is 14.3. The second-order valence-electron chi connectivity index (χ2n) is 4.34. The van der Waals surface area contributed by atoms with E-state index in [0.717, 1.165) is 6.08 Å². The topological polar surface area (TPSA) is 90.9 Å².